The molecule has 4 N–H and O–H groups in total. The van der Waals surface area contributed by atoms with Crippen LogP contribution in [0.1, 0.15) is 20.3 Å². The predicted molar refractivity (Wildman–Crippen MR) is 50.8 cm³/mol. The van der Waals surface area contributed by atoms with Crippen LogP contribution in [0.2, 0.25) is 0 Å². The average Bonchev–Trinajstić information content (AvgIpc) is 2.88. The highest BCUT2D eigenvalue weighted by molar-refractivity contribution is 5.15. The van der Waals surface area contributed by atoms with Gasteiger partial charge in [-0.05, 0) is 18.3 Å². The first kappa shape index (κ1) is 11.3. The highest BCUT2D eigenvalue weighted by Gasteiger charge is 2.67. The maximum absolute atomic E-state index is 9.83. The van der Waals surface area contributed by atoms with E-state index in [1.54, 1.807) is 0 Å². The Morgan fingerprint density at radius 2 is 1.73 bits per heavy atom. The maximum Gasteiger partial charge on any atom is 0.184 e. The van der Waals surface area contributed by atoms with E-state index in [2.05, 4.69) is 0 Å². The molecule has 0 amide bonds. The Balaban J connectivity index is 2.15. The molecule has 3 unspecified atom stereocenters. The fraction of sp³-hybridized carbons (Fsp3) is 1.00. The summed E-state index contributed by atoms with van der Waals surface area (Å²) in [7, 11) is 0. The second kappa shape index (κ2) is 3.40. The Bertz CT molecular complexity index is 256. The van der Waals surface area contributed by atoms with E-state index >= 15 is 0 Å². The van der Waals surface area contributed by atoms with Crippen LogP contribution in [0.25, 0.3) is 0 Å². The SMILES string of the molecule is CC(C)C1CC12OC(O)[C@H](O)[C@@H](O)[C@@H]2O. The molecule has 2 aliphatic rings. The minimum Gasteiger partial charge on any atom is -0.387 e. The molecule has 6 atom stereocenters. The zero-order valence-electron chi connectivity index (χ0n) is 8.87. The maximum atomic E-state index is 9.83. The second-order valence-corrected chi connectivity index (χ2v) is 4.94. The second-order valence-electron chi connectivity index (χ2n) is 4.94. The lowest BCUT2D eigenvalue weighted by Gasteiger charge is -2.40. The molecule has 1 aliphatic heterocycles. The van der Waals surface area contributed by atoms with Gasteiger partial charge in [0, 0.05) is 0 Å². The van der Waals surface area contributed by atoms with Crippen LogP contribution >= 0.6 is 0 Å². The molecular formula is C10H18O5. The van der Waals surface area contributed by atoms with Crippen LogP contribution in [0.15, 0.2) is 0 Å². The van der Waals surface area contributed by atoms with Crippen molar-refractivity contribution in [3.8, 4) is 0 Å². The lowest BCUT2D eigenvalue weighted by Crippen LogP contribution is -2.59. The summed E-state index contributed by atoms with van der Waals surface area (Å²) in [4.78, 5) is 0. The van der Waals surface area contributed by atoms with Crippen molar-refractivity contribution in [2.45, 2.75) is 50.5 Å². The quantitative estimate of drug-likeness (QED) is 0.445. The van der Waals surface area contributed by atoms with Gasteiger partial charge in [0.25, 0.3) is 0 Å². The van der Waals surface area contributed by atoms with E-state index in [4.69, 9.17) is 4.74 Å². The summed E-state index contributed by atoms with van der Waals surface area (Å²) in [5.41, 5.74) is -0.855. The van der Waals surface area contributed by atoms with E-state index in [9.17, 15) is 20.4 Å². The molecule has 2 rings (SSSR count). The summed E-state index contributed by atoms with van der Waals surface area (Å²) in [6.07, 6.45) is -4.68. The Hall–Kier alpha value is -0.200. The Kier molecular flexibility index (Phi) is 2.56. The summed E-state index contributed by atoms with van der Waals surface area (Å²) in [5.74, 6) is 0.443. The smallest absolute Gasteiger partial charge is 0.184 e. The van der Waals surface area contributed by atoms with E-state index in [0.29, 0.717) is 12.3 Å². The van der Waals surface area contributed by atoms with Crippen LogP contribution in [0.5, 0.6) is 0 Å². The van der Waals surface area contributed by atoms with Crippen molar-refractivity contribution >= 4 is 0 Å². The topological polar surface area (TPSA) is 90.2 Å². The summed E-state index contributed by atoms with van der Waals surface area (Å²) in [6, 6.07) is 0. The van der Waals surface area contributed by atoms with Gasteiger partial charge in [-0.2, -0.15) is 0 Å². The number of hydrogen-bond donors (Lipinski definition) is 4. The monoisotopic (exact) mass is 218 g/mol. The first-order valence-corrected chi connectivity index (χ1v) is 5.30. The third kappa shape index (κ3) is 1.50. The van der Waals surface area contributed by atoms with Crippen LogP contribution in [0.3, 0.4) is 0 Å². The summed E-state index contributed by atoms with van der Waals surface area (Å²) in [6.45, 7) is 4.00. The highest BCUT2D eigenvalue weighted by Crippen LogP contribution is 2.56. The van der Waals surface area contributed by atoms with Gasteiger partial charge in [-0.15, -0.1) is 0 Å². The van der Waals surface area contributed by atoms with Crippen LogP contribution in [-0.4, -0.2) is 50.6 Å². The van der Waals surface area contributed by atoms with Crippen molar-refractivity contribution in [3.63, 3.8) is 0 Å². The van der Waals surface area contributed by atoms with Crippen LogP contribution in [0.4, 0.5) is 0 Å². The molecule has 5 heteroatoms. The Morgan fingerprint density at radius 1 is 1.13 bits per heavy atom. The molecular weight excluding hydrogens is 200 g/mol. The lowest BCUT2D eigenvalue weighted by atomic mass is 9.93. The van der Waals surface area contributed by atoms with Crippen molar-refractivity contribution in [2.75, 3.05) is 0 Å². The fourth-order valence-corrected chi connectivity index (χ4v) is 2.57. The molecule has 2 fully saturated rings. The molecule has 1 heterocycles. The predicted octanol–water partition coefficient (Wildman–Crippen LogP) is -1.17. The standard InChI is InChI=1S/C10H18O5/c1-4(2)5-3-10(5)8(13)6(11)7(12)9(14)15-10/h4-9,11-14H,3H2,1-2H3/t5?,6-,7-,8+,9?,10?/m1/s1. The average molecular weight is 218 g/mol. The number of ether oxygens (including phenoxy) is 1. The number of rotatable bonds is 1. The van der Waals surface area contributed by atoms with Gasteiger partial charge < -0.3 is 25.2 Å². The molecule has 0 aromatic heterocycles. The van der Waals surface area contributed by atoms with Gasteiger partial charge in [-0.25, -0.2) is 0 Å². The fourth-order valence-electron chi connectivity index (χ4n) is 2.57. The zero-order valence-corrected chi connectivity index (χ0v) is 8.87. The van der Waals surface area contributed by atoms with E-state index in [-0.39, 0.29) is 5.92 Å². The minimum atomic E-state index is -1.43. The van der Waals surface area contributed by atoms with Gasteiger partial charge >= 0.3 is 0 Å². The van der Waals surface area contributed by atoms with Gasteiger partial charge in [0.05, 0.1) is 0 Å². The largest absolute Gasteiger partial charge is 0.387 e. The summed E-state index contributed by atoms with van der Waals surface area (Å²) in [5, 5.41) is 38.1. The van der Waals surface area contributed by atoms with E-state index < -0.39 is 30.2 Å². The Labute approximate surface area is 88.3 Å². The van der Waals surface area contributed by atoms with Gasteiger partial charge in [0.1, 0.15) is 23.9 Å². The zero-order chi connectivity index (χ0) is 11.4. The first-order valence-electron chi connectivity index (χ1n) is 5.30. The van der Waals surface area contributed by atoms with E-state index in [1.165, 1.54) is 0 Å². The number of aliphatic hydroxyl groups is 4. The van der Waals surface area contributed by atoms with Crippen molar-refractivity contribution in [3.05, 3.63) is 0 Å². The van der Waals surface area contributed by atoms with Gasteiger partial charge in [0.15, 0.2) is 6.29 Å². The summed E-state index contributed by atoms with van der Waals surface area (Å²) >= 11 is 0. The molecule has 0 aromatic rings. The van der Waals surface area contributed by atoms with E-state index in [1.807, 2.05) is 13.8 Å². The molecule has 1 aliphatic carbocycles. The van der Waals surface area contributed by atoms with Crippen molar-refractivity contribution in [2.24, 2.45) is 11.8 Å². The van der Waals surface area contributed by atoms with Crippen molar-refractivity contribution in [1.82, 2.24) is 0 Å². The number of aliphatic hydroxyl groups excluding tert-OH is 4. The molecule has 0 bridgehead atoms. The molecule has 1 saturated heterocycles. The molecule has 1 saturated carbocycles. The molecule has 0 radical (unpaired) electrons. The van der Waals surface area contributed by atoms with Gasteiger partial charge in [-0.3, -0.25) is 0 Å². The molecule has 0 aromatic carbocycles. The third-order valence-corrected chi connectivity index (χ3v) is 3.62. The third-order valence-electron chi connectivity index (χ3n) is 3.62. The lowest BCUT2D eigenvalue weighted by molar-refractivity contribution is -0.296. The normalized spacial score (nSPS) is 55.0. The molecule has 15 heavy (non-hydrogen) atoms. The van der Waals surface area contributed by atoms with E-state index in [0.717, 1.165) is 0 Å². The minimum absolute atomic E-state index is 0.129. The van der Waals surface area contributed by atoms with Crippen LogP contribution in [-0.2, 0) is 4.74 Å². The van der Waals surface area contributed by atoms with Crippen molar-refractivity contribution < 1.29 is 25.2 Å². The van der Waals surface area contributed by atoms with Crippen LogP contribution in [0, 0.1) is 11.8 Å². The molecule has 88 valence electrons. The molecule has 1 spiro atoms. The van der Waals surface area contributed by atoms with Gasteiger partial charge in [0.2, 0.25) is 0 Å². The first-order chi connectivity index (χ1) is 6.90. The Morgan fingerprint density at radius 3 is 2.20 bits per heavy atom. The van der Waals surface area contributed by atoms with Gasteiger partial charge in [-0.1, -0.05) is 13.8 Å². The summed E-state index contributed by atoms with van der Waals surface area (Å²) < 4.78 is 5.25. The highest BCUT2D eigenvalue weighted by atomic mass is 16.6. The van der Waals surface area contributed by atoms with Crippen molar-refractivity contribution in [1.29, 1.82) is 0 Å². The van der Waals surface area contributed by atoms with Crippen LogP contribution < -0.4 is 0 Å². The number of hydrogen-bond acceptors (Lipinski definition) is 5. The molecule has 5 nitrogen and oxygen atoms in total.